The molecule has 0 saturated carbocycles. The van der Waals surface area contributed by atoms with Crippen LogP contribution in [0.15, 0.2) is 42.6 Å². The van der Waals surface area contributed by atoms with Crippen LogP contribution in [0.1, 0.15) is 26.4 Å². The minimum absolute atomic E-state index is 0.247. The topological polar surface area (TPSA) is 68.3 Å². The number of rotatable bonds is 3. The second-order valence-electron chi connectivity index (χ2n) is 4.21. The molecule has 0 aliphatic heterocycles. The van der Waals surface area contributed by atoms with Gasteiger partial charge in [-0.3, -0.25) is 9.78 Å². The summed E-state index contributed by atoms with van der Waals surface area (Å²) >= 11 is 0. The molecular weight excluding hydrogens is 256 g/mol. The molecule has 0 aliphatic carbocycles. The molecule has 0 atom stereocenters. The van der Waals surface area contributed by atoms with Crippen molar-refractivity contribution in [2.45, 2.75) is 6.92 Å². The number of methoxy groups -OCH3 is 1. The number of hydrogen-bond acceptors (Lipinski definition) is 4. The van der Waals surface area contributed by atoms with Crippen molar-refractivity contribution in [3.63, 3.8) is 0 Å². The summed E-state index contributed by atoms with van der Waals surface area (Å²) in [6.45, 7) is 1.85. The van der Waals surface area contributed by atoms with Gasteiger partial charge in [-0.1, -0.05) is 0 Å². The average Bonchev–Trinajstić information content (AvgIpc) is 2.48. The number of benzene rings is 1. The Morgan fingerprint density at radius 3 is 2.25 bits per heavy atom. The molecule has 0 fully saturated rings. The number of aromatic nitrogens is 1. The highest BCUT2D eigenvalue weighted by atomic mass is 16.5. The van der Waals surface area contributed by atoms with Gasteiger partial charge in [0.2, 0.25) is 0 Å². The van der Waals surface area contributed by atoms with Crippen LogP contribution in [0.5, 0.6) is 0 Å². The van der Waals surface area contributed by atoms with Crippen molar-refractivity contribution in [3.05, 3.63) is 59.4 Å². The third-order valence-electron chi connectivity index (χ3n) is 2.74. The number of carbonyl (C=O) groups excluding carboxylic acids is 2. The van der Waals surface area contributed by atoms with E-state index in [0.717, 1.165) is 5.69 Å². The maximum Gasteiger partial charge on any atom is 0.337 e. The monoisotopic (exact) mass is 270 g/mol. The quantitative estimate of drug-likeness (QED) is 0.870. The molecule has 2 rings (SSSR count). The molecule has 0 radical (unpaired) electrons. The second-order valence-corrected chi connectivity index (χ2v) is 4.21. The van der Waals surface area contributed by atoms with E-state index in [4.69, 9.17) is 0 Å². The van der Waals surface area contributed by atoms with Gasteiger partial charge in [0.25, 0.3) is 5.91 Å². The molecule has 0 saturated heterocycles. The Kier molecular flexibility index (Phi) is 4.10. The molecule has 2 aromatic rings. The number of hydrogen-bond donors (Lipinski definition) is 1. The zero-order chi connectivity index (χ0) is 14.5. The lowest BCUT2D eigenvalue weighted by atomic mass is 10.2. The maximum absolute atomic E-state index is 12.0. The van der Waals surface area contributed by atoms with E-state index in [1.807, 2.05) is 6.92 Å². The Bertz CT molecular complexity index is 619. The fourth-order valence-electron chi connectivity index (χ4n) is 1.61. The van der Waals surface area contributed by atoms with Gasteiger partial charge in [0.1, 0.15) is 0 Å². The molecule has 1 aromatic carbocycles. The highest BCUT2D eigenvalue weighted by Crippen LogP contribution is 2.12. The van der Waals surface area contributed by atoms with Crippen LogP contribution in [0.2, 0.25) is 0 Å². The zero-order valence-corrected chi connectivity index (χ0v) is 11.2. The van der Waals surface area contributed by atoms with E-state index in [-0.39, 0.29) is 5.91 Å². The molecule has 0 bridgehead atoms. The van der Waals surface area contributed by atoms with Crippen molar-refractivity contribution in [3.8, 4) is 0 Å². The summed E-state index contributed by atoms with van der Waals surface area (Å²) in [6.07, 6.45) is 1.52. The van der Waals surface area contributed by atoms with E-state index in [9.17, 15) is 9.59 Å². The molecule has 0 unspecified atom stereocenters. The van der Waals surface area contributed by atoms with E-state index >= 15 is 0 Å². The number of aryl methyl sites for hydroxylation is 1. The van der Waals surface area contributed by atoms with Crippen LogP contribution in [0.25, 0.3) is 0 Å². The smallest absolute Gasteiger partial charge is 0.337 e. The van der Waals surface area contributed by atoms with Crippen molar-refractivity contribution in [2.75, 3.05) is 12.4 Å². The molecule has 0 aliphatic rings. The second kappa shape index (κ2) is 5.97. The van der Waals surface area contributed by atoms with Gasteiger partial charge in [-0.05, 0) is 43.3 Å². The SMILES string of the molecule is COC(=O)c1ccc(NC(=O)c2ccc(C)nc2)cc1. The minimum atomic E-state index is -0.411. The largest absolute Gasteiger partial charge is 0.465 e. The van der Waals surface area contributed by atoms with Gasteiger partial charge in [0.05, 0.1) is 18.2 Å². The third kappa shape index (κ3) is 3.20. The Balaban J connectivity index is 2.08. The van der Waals surface area contributed by atoms with Gasteiger partial charge >= 0.3 is 5.97 Å². The zero-order valence-electron chi connectivity index (χ0n) is 11.2. The normalized spacial score (nSPS) is 9.90. The molecular formula is C15H14N2O3. The van der Waals surface area contributed by atoms with Crippen molar-refractivity contribution >= 4 is 17.6 Å². The molecule has 102 valence electrons. The number of amides is 1. The highest BCUT2D eigenvalue weighted by molar-refractivity contribution is 6.04. The first kappa shape index (κ1) is 13.7. The van der Waals surface area contributed by atoms with E-state index in [1.165, 1.54) is 13.3 Å². The van der Waals surface area contributed by atoms with Gasteiger partial charge < -0.3 is 10.1 Å². The molecule has 5 nitrogen and oxygen atoms in total. The fraction of sp³-hybridized carbons (Fsp3) is 0.133. The lowest BCUT2D eigenvalue weighted by Gasteiger charge is -2.06. The Morgan fingerprint density at radius 1 is 1.05 bits per heavy atom. The summed E-state index contributed by atoms with van der Waals surface area (Å²) in [5.41, 5.74) is 2.36. The van der Waals surface area contributed by atoms with Crippen molar-refractivity contribution in [2.24, 2.45) is 0 Å². The number of anilines is 1. The average molecular weight is 270 g/mol. The lowest BCUT2D eigenvalue weighted by molar-refractivity contribution is 0.0600. The summed E-state index contributed by atoms with van der Waals surface area (Å²) in [4.78, 5) is 27.3. The molecule has 20 heavy (non-hydrogen) atoms. The van der Waals surface area contributed by atoms with Crippen LogP contribution in [0, 0.1) is 6.92 Å². The van der Waals surface area contributed by atoms with E-state index in [1.54, 1.807) is 36.4 Å². The van der Waals surface area contributed by atoms with Crippen LogP contribution in [0.4, 0.5) is 5.69 Å². The van der Waals surface area contributed by atoms with Crippen LogP contribution in [0.3, 0.4) is 0 Å². The summed E-state index contributed by atoms with van der Waals surface area (Å²) in [7, 11) is 1.32. The number of ether oxygens (including phenoxy) is 1. The van der Waals surface area contributed by atoms with Crippen LogP contribution < -0.4 is 5.32 Å². The van der Waals surface area contributed by atoms with Crippen molar-refractivity contribution < 1.29 is 14.3 Å². The first-order valence-electron chi connectivity index (χ1n) is 6.02. The number of pyridine rings is 1. The molecule has 1 aromatic heterocycles. The predicted octanol–water partition coefficient (Wildman–Crippen LogP) is 2.43. The van der Waals surface area contributed by atoms with Crippen LogP contribution in [-0.4, -0.2) is 24.0 Å². The molecule has 1 heterocycles. The molecule has 1 amide bonds. The third-order valence-corrected chi connectivity index (χ3v) is 2.74. The van der Waals surface area contributed by atoms with Crippen molar-refractivity contribution in [1.82, 2.24) is 4.98 Å². The first-order chi connectivity index (χ1) is 9.60. The molecule has 1 N–H and O–H groups in total. The number of carbonyl (C=O) groups is 2. The van der Waals surface area contributed by atoms with Crippen molar-refractivity contribution in [1.29, 1.82) is 0 Å². The number of nitrogens with zero attached hydrogens (tertiary/aromatic N) is 1. The van der Waals surface area contributed by atoms with Gasteiger partial charge in [-0.15, -0.1) is 0 Å². The Labute approximate surface area is 116 Å². The van der Waals surface area contributed by atoms with E-state index in [0.29, 0.717) is 16.8 Å². The summed E-state index contributed by atoms with van der Waals surface area (Å²) < 4.78 is 4.60. The van der Waals surface area contributed by atoms with Gasteiger partial charge in [0, 0.05) is 17.6 Å². The van der Waals surface area contributed by atoms with Gasteiger partial charge in [-0.2, -0.15) is 0 Å². The summed E-state index contributed by atoms with van der Waals surface area (Å²) in [5, 5.41) is 2.73. The Morgan fingerprint density at radius 2 is 1.70 bits per heavy atom. The summed E-state index contributed by atoms with van der Waals surface area (Å²) in [5.74, 6) is -0.658. The Hall–Kier alpha value is -2.69. The highest BCUT2D eigenvalue weighted by Gasteiger charge is 2.08. The van der Waals surface area contributed by atoms with Gasteiger partial charge in [-0.25, -0.2) is 4.79 Å². The number of nitrogens with one attached hydrogen (secondary N) is 1. The molecule has 5 heteroatoms. The van der Waals surface area contributed by atoms with Gasteiger partial charge in [0.15, 0.2) is 0 Å². The van der Waals surface area contributed by atoms with Crippen LogP contribution >= 0.6 is 0 Å². The first-order valence-corrected chi connectivity index (χ1v) is 6.02. The van der Waals surface area contributed by atoms with E-state index < -0.39 is 5.97 Å². The molecule has 0 spiro atoms. The van der Waals surface area contributed by atoms with Crippen LogP contribution in [-0.2, 0) is 4.74 Å². The lowest BCUT2D eigenvalue weighted by Crippen LogP contribution is -2.12. The fourth-order valence-corrected chi connectivity index (χ4v) is 1.61. The standard InChI is InChI=1S/C15H14N2O3/c1-10-3-4-12(9-16-10)14(18)17-13-7-5-11(6-8-13)15(19)20-2/h3-9H,1-2H3,(H,17,18). The number of esters is 1. The maximum atomic E-state index is 12.0. The van der Waals surface area contributed by atoms with E-state index in [2.05, 4.69) is 15.0 Å². The summed E-state index contributed by atoms with van der Waals surface area (Å²) in [6, 6.07) is 9.96. The minimum Gasteiger partial charge on any atom is -0.465 e. The predicted molar refractivity (Wildman–Crippen MR) is 74.7 cm³/mol.